The zero-order chi connectivity index (χ0) is 14.0. The lowest BCUT2D eigenvalue weighted by atomic mass is 10.00. The van der Waals surface area contributed by atoms with Gasteiger partial charge >= 0.3 is 0 Å². The van der Waals surface area contributed by atoms with Crippen LogP contribution in [-0.4, -0.2) is 0 Å². The normalized spacial score (nSPS) is 10.8. The van der Waals surface area contributed by atoms with Crippen molar-refractivity contribution in [1.82, 2.24) is 0 Å². The maximum atomic E-state index is 13.8. The quantitative estimate of drug-likeness (QED) is 0.682. The van der Waals surface area contributed by atoms with Crippen molar-refractivity contribution in [2.45, 2.75) is 26.7 Å². The molecule has 0 amide bonds. The number of benzene rings is 2. The highest BCUT2D eigenvalue weighted by molar-refractivity contribution is 5.65. The van der Waals surface area contributed by atoms with Crippen LogP contribution in [0.2, 0.25) is 0 Å². The molecule has 19 heavy (non-hydrogen) atoms. The maximum absolute atomic E-state index is 13.8. The van der Waals surface area contributed by atoms with E-state index in [1.165, 1.54) is 6.92 Å². The lowest BCUT2D eigenvalue weighted by Gasteiger charge is -2.09. The van der Waals surface area contributed by atoms with E-state index in [1.807, 2.05) is 12.1 Å². The Balaban J connectivity index is 2.50. The van der Waals surface area contributed by atoms with Gasteiger partial charge in [0.05, 0.1) is 5.56 Å². The molecule has 0 aliphatic rings. The molecule has 0 radical (unpaired) electrons. The molecule has 0 saturated carbocycles. The Bertz CT molecular complexity index is 586. The molecule has 100 valence electrons. The average Bonchev–Trinajstić information content (AvgIpc) is 2.38. The first kappa shape index (κ1) is 13.7. The summed E-state index contributed by atoms with van der Waals surface area (Å²) in [5.74, 6) is -2.85. The zero-order valence-electron chi connectivity index (χ0n) is 10.9. The van der Waals surface area contributed by atoms with Crippen molar-refractivity contribution < 1.29 is 13.2 Å². The van der Waals surface area contributed by atoms with Crippen LogP contribution >= 0.6 is 0 Å². The van der Waals surface area contributed by atoms with E-state index in [-0.39, 0.29) is 11.1 Å². The van der Waals surface area contributed by atoms with E-state index in [1.54, 1.807) is 12.1 Å². The van der Waals surface area contributed by atoms with Gasteiger partial charge in [-0.1, -0.05) is 37.6 Å². The Labute approximate surface area is 110 Å². The van der Waals surface area contributed by atoms with Gasteiger partial charge in [-0.05, 0) is 36.1 Å². The van der Waals surface area contributed by atoms with Crippen LogP contribution in [0.1, 0.15) is 24.5 Å². The molecule has 0 bridgehead atoms. The number of hydrogen-bond donors (Lipinski definition) is 0. The molecule has 0 N–H and O–H groups in total. The van der Waals surface area contributed by atoms with Gasteiger partial charge in [-0.2, -0.15) is 0 Å². The Morgan fingerprint density at radius 3 is 2.16 bits per heavy atom. The fourth-order valence-electron chi connectivity index (χ4n) is 2.10. The summed E-state index contributed by atoms with van der Waals surface area (Å²) in [6.07, 6.45) is 1.91. The molecule has 0 nitrogen and oxygen atoms in total. The average molecular weight is 264 g/mol. The highest BCUT2D eigenvalue weighted by atomic mass is 19.2. The summed E-state index contributed by atoms with van der Waals surface area (Å²) in [5, 5.41) is 0. The van der Waals surface area contributed by atoms with Crippen LogP contribution in [0, 0.1) is 24.4 Å². The van der Waals surface area contributed by atoms with Crippen molar-refractivity contribution in [2.24, 2.45) is 0 Å². The third-order valence-electron chi connectivity index (χ3n) is 3.12. The van der Waals surface area contributed by atoms with E-state index in [0.717, 1.165) is 24.5 Å². The number of hydrogen-bond acceptors (Lipinski definition) is 0. The summed E-state index contributed by atoms with van der Waals surface area (Å²) in [5.41, 5.74) is 1.13. The van der Waals surface area contributed by atoms with Gasteiger partial charge in [0.1, 0.15) is 5.82 Å². The molecule has 0 aromatic heterocycles. The largest absolute Gasteiger partial charge is 0.206 e. The van der Waals surface area contributed by atoms with Crippen molar-refractivity contribution in [2.75, 3.05) is 0 Å². The molecule has 0 spiro atoms. The van der Waals surface area contributed by atoms with Gasteiger partial charge in [0.15, 0.2) is 11.6 Å². The van der Waals surface area contributed by atoms with Gasteiger partial charge in [-0.15, -0.1) is 0 Å². The SMILES string of the molecule is CCCc1ccc(-c2c(F)cc(C)c(F)c2F)cc1. The predicted molar refractivity (Wildman–Crippen MR) is 70.5 cm³/mol. The minimum absolute atomic E-state index is 0.0265. The second-order valence-corrected chi connectivity index (χ2v) is 4.63. The predicted octanol–water partition coefficient (Wildman–Crippen LogP) is 5.03. The summed E-state index contributed by atoms with van der Waals surface area (Å²) in [7, 11) is 0. The van der Waals surface area contributed by atoms with Gasteiger partial charge in [-0.25, -0.2) is 13.2 Å². The lowest BCUT2D eigenvalue weighted by Crippen LogP contribution is -1.98. The van der Waals surface area contributed by atoms with Crippen molar-refractivity contribution in [1.29, 1.82) is 0 Å². The van der Waals surface area contributed by atoms with Gasteiger partial charge < -0.3 is 0 Å². The fourth-order valence-corrected chi connectivity index (χ4v) is 2.10. The van der Waals surface area contributed by atoms with E-state index in [0.29, 0.717) is 5.56 Å². The van der Waals surface area contributed by atoms with Crippen molar-refractivity contribution in [3.05, 3.63) is 58.9 Å². The maximum Gasteiger partial charge on any atom is 0.169 e. The van der Waals surface area contributed by atoms with Crippen LogP contribution < -0.4 is 0 Å². The van der Waals surface area contributed by atoms with E-state index in [9.17, 15) is 13.2 Å². The summed E-state index contributed by atoms with van der Waals surface area (Å²) < 4.78 is 41.2. The van der Waals surface area contributed by atoms with Crippen molar-refractivity contribution >= 4 is 0 Å². The minimum atomic E-state index is -1.12. The molecule has 2 aromatic rings. The molecule has 3 heteroatoms. The third-order valence-corrected chi connectivity index (χ3v) is 3.12. The van der Waals surface area contributed by atoms with Crippen molar-refractivity contribution in [3.63, 3.8) is 0 Å². The highest BCUT2D eigenvalue weighted by Gasteiger charge is 2.18. The second-order valence-electron chi connectivity index (χ2n) is 4.63. The summed E-state index contributed by atoms with van der Waals surface area (Å²) in [6.45, 7) is 3.40. The minimum Gasteiger partial charge on any atom is -0.206 e. The van der Waals surface area contributed by atoms with E-state index < -0.39 is 17.5 Å². The first-order valence-corrected chi connectivity index (χ1v) is 6.28. The van der Waals surface area contributed by atoms with Crippen LogP contribution in [-0.2, 0) is 6.42 Å². The van der Waals surface area contributed by atoms with E-state index in [2.05, 4.69) is 6.92 Å². The summed E-state index contributed by atoms with van der Waals surface area (Å²) >= 11 is 0. The first-order valence-electron chi connectivity index (χ1n) is 6.28. The zero-order valence-corrected chi connectivity index (χ0v) is 10.9. The molecule has 0 aliphatic carbocycles. The second kappa shape index (κ2) is 5.47. The number of aryl methyl sites for hydroxylation is 2. The molecular weight excluding hydrogens is 249 g/mol. The van der Waals surface area contributed by atoms with Crippen molar-refractivity contribution in [3.8, 4) is 11.1 Å². The van der Waals surface area contributed by atoms with Gasteiger partial charge in [0.25, 0.3) is 0 Å². The Kier molecular flexibility index (Phi) is 3.93. The van der Waals surface area contributed by atoms with Gasteiger partial charge in [0, 0.05) is 0 Å². The Hall–Kier alpha value is -1.77. The Morgan fingerprint density at radius 2 is 1.58 bits per heavy atom. The molecule has 0 fully saturated rings. The standard InChI is InChI=1S/C16H15F3/c1-3-4-11-5-7-12(8-6-11)14-13(17)9-10(2)15(18)16(14)19/h5-9H,3-4H2,1-2H3. The van der Waals surface area contributed by atoms with Crippen LogP contribution in [0.5, 0.6) is 0 Å². The molecule has 0 saturated heterocycles. The van der Waals surface area contributed by atoms with E-state index >= 15 is 0 Å². The monoisotopic (exact) mass is 264 g/mol. The molecule has 2 rings (SSSR count). The number of halogens is 3. The molecule has 0 atom stereocenters. The highest BCUT2D eigenvalue weighted by Crippen LogP contribution is 2.29. The van der Waals surface area contributed by atoms with Crippen LogP contribution in [0.15, 0.2) is 30.3 Å². The third kappa shape index (κ3) is 2.65. The molecule has 0 unspecified atom stereocenters. The Morgan fingerprint density at radius 1 is 0.947 bits per heavy atom. The molecule has 2 aromatic carbocycles. The summed E-state index contributed by atoms with van der Waals surface area (Å²) in [4.78, 5) is 0. The molecular formula is C16H15F3. The summed E-state index contributed by atoms with van der Waals surface area (Å²) in [6, 6.07) is 7.90. The van der Waals surface area contributed by atoms with Gasteiger partial charge in [-0.3, -0.25) is 0 Å². The topological polar surface area (TPSA) is 0 Å². The first-order chi connectivity index (χ1) is 9.04. The molecule has 0 aliphatic heterocycles. The van der Waals surface area contributed by atoms with Crippen LogP contribution in [0.25, 0.3) is 11.1 Å². The number of rotatable bonds is 3. The lowest BCUT2D eigenvalue weighted by molar-refractivity contribution is 0.493. The van der Waals surface area contributed by atoms with Crippen LogP contribution in [0.3, 0.4) is 0 Å². The van der Waals surface area contributed by atoms with E-state index in [4.69, 9.17) is 0 Å². The smallest absolute Gasteiger partial charge is 0.169 e. The molecule has 0 heterocycles. The van der Waals surface area contributed by atoms with Crippen LogP contribution in [0.4, 0.5) is 13.2 Å². The fraction of sp³-hybridized carbons (Fsp3) is 0.250. The van der Waals surface area contributed by atoms with Gasteiger partial charge in [0.2, 0.25) is 0 Å².